The Hall–Kier alpha value is -2.40. The van der Waals surface area contributed by atoms with Gasteiger partial charge in [-0.05, 0) is 37.6 Å². The zero-order valence-electron chi connectivity index (χ0n) is 16.9. The van der Waals surface area contributed by atoms with Crippen molar-refractivity contribution in [1.29, 1.82) is 0 Å². The number of rotatable bonds is 7. The molecule has 29 heavy (non-hydrogen) atoms. The highest BCUT2D eigenvalue weighted by Crippen LogP contribution is 2.18. The lowest BCUT2D eigenvalue weighted by atomic mass is 10.00. The van der Waals surface area contributed by atoms with Crippen molar-refractivity contribution in [3.05, 3.63) is 66.2 Å². The van der Waals surface area contributed by atoms with Crippen molar-refractivity contribution in [2.45, 2.75) is 26.0 Å². The second-order valence-electron chi connectivity index (χ2n) is 6.84. The number of guanidine groups is 1. The molecule has 0 radical (unpaired) electrons. The second-order valence-corrected chi connectivity index (χ2v) is 6.84. The van der Waals surface area contributed by atoms with Crippen molar-refractivity contribution in [3.63, 3.8) is 0 Å². The molecule has 9 heteroatoms. The normalized spacial score (nSPS) is 13.4. The molecule has 1 unspecified atom stereocenters. The summed E-state index contributed by atoms with van der Waals surface area (Å²) in [5.74, 6) is 0.655. The number of nitrogens with zero attached hydrogens (tertiary/aromatic N) is 5. The summed E-state index contributed by atoms with van der Waals surface area (Å²) in [4.78, 5) is 4.62. The molecule has 0 saturated carbocycles. The molecule has 0 amide bonds. The monoisotopic (exact) mass is 509 g/mol. The topological polar surface area (TPSA) is 92.3 Å². The van der Waals surface area contributed by atoms with E-state index in [1.165, 1.54) is 0 Å². The molecule has 0 aliphatic carbocycles. The average Bonchev–Trinajstić information content (AvgIpc) is 3.37. The van der Waals surface area contributed by atoms with Gasteiger partial charge in [-0.15, -0.1) is 24.0 Å². The fourth-order valence-corrected chi connectivity index (χ4v) is 2.74. The second kappa shape index (κ2) is 10.4. The number of hydrogen-bond donors (Lipinski definition) is 3. The highest BCUT2D eigenvalue weighted by molar-refractivity contribution is 14.0. The molecule has 0 spiro atoms. The van der Waals surface area contributed by atoms with Crippen molar-refractivity contribution in [2.75, 3.05) is 13.1 Å². The minimum Gasteiger partial charge on any atom is -0.383 e. The summed E-state index contributed by atoms with van der Waals surface area (Å²) in [7, 11) is 1.83. The summed E-state index contributed by atoms with van der Waals surface area (Å²) in [6, 6.07) is 10.0. The van der Waals surface area contributed by atoms with Crippen LogP contribution in [0.5, 0.6) is 0 Å². The molecule has 0 aliphatic rings. The summed E-state index contributed by atoms with van der Waals surface area (Å²) in [6.07, 6.45) is 7.15. The number of nitrogens with one attached hydrogen (secondary N) is 2. The number of aliphatic hydroxyl groups is 1. The lowest BCUT2D eigenvalue weighted by molar-refractivity contribution is 0.0616. The fourth-order valence-electron chi connectivity index (χ4n) is 2.74. The van der Waals surface area contributed by atoms with E-state index in [1.54, 1.807) is 24.0 Å². The summed E-state index contributed by atoms with van der Waals surface area (Å²) < 4.78 is 3.50. The Morgan fingerprint density at radius 2 is 1.97 bits per heavy atom. The summed E-state index contributed by atoms with van der Waals surface area (Å²) >= 11 is 0. The van der Waals surface area contributed by atoms with Gasteiger partial charge < -0.3 is 15.7 Å². The van der Waals surface area contributed by atoms with Crippen LogP contribution in [-0.2, 0) is 19.2 Å². The smallest absolute Gasteiger partial charge is 0.191 e. The van der Waals surface area contributed by atoms with Crippen LogP contribution >= 0.6 is 24.0 Å². The molecule has 8 nitrogen and oxygen atoms in total. The third-order valence-corrected chi connectivity index (χ3v) is 4.40. The van der Waals surface area contributed by atoms with E-state index < -0.39 is 5.60 Å². The van der Waals surface area contributed by atoms with E-state index in [0.29, 0.717) is 19.0 Å². The molecule has 156 valence electrons. The fraction of sp³-hybridized carbons (Fsp3) is 0.350. The quantitative estimate of drug-likeness (QED) is 0.258. The molecule has 0 saturated heterocycles. The summed E-state index contributed by atoms with van der Waals surface area (Å²) in [5, 5.41) is 25.5. The Bertz CT molecular complexity index is 901. The standard InChI is InChI=1S/C20H27N7O.HI/c1-4-21-19(23-15-20(2,28)17-13-25-26(3)14-17)22-12-16-6-8-18(9-7-16)27-11-5-10-24-27;/h5-11,13-14,28H,4,12,15H2,1-3H3,(H2,21,22,23);1H. The molecule has 3 rings (SSSR count). The first-order chi connectivity index (χ1) is 13.5. The van der Waals surface area contributed by atoms with Crippen LogP contribution in [0.1, 0.15) is 25.0 Å². The van der Waals surface area contributed by atoms with Crippen LogP contribution in [0.4, 0.5) is 0 Å². The van der Waals surface area contributed by atoms with E-state index in [-0.39, 0.29) is 24.0 Å². The SMILES string of the molecule is CCNC(=NCc1ccc(-n2cccn2)cc1)NCC(C)(O)c1cnn(C)c1.I. The zero-order valence-corrected chi connectivity index (χ0v) is 19.2. The van der Waals surface area contributed by atoms with E-state index >= 15 is 0 Å². The number of hydrogen-bond acceptors (Lipinski definition) is 4. The summed E-state index contributed by atoms with van der Waals surface area (Å²) in [6.45, 7) is 5.36. The molecule has 1 atom stereocenters. The van der Waals surface area contributed by atoms with Gasteiger partial charge in [0.1, 0.15) is 5.60 Å². The van der Waals surface area contributed by atoms with E-state index in [4.69, 9.17) is 0 Å². The molecule has 3 aromatic rings. The molecule has 3 N–H and O–H groups in total. The van der Waals surface area contributed by atoms with Gasteiger partial charge in [0, 0.05) is 37.7 Å². The number of aromatic nitrogens is 4. The highest BCUT2D eigenvalue weighted by atomic mass is 127. The van der Waals surface area contributed by atoms with E-state index in [0.717, 1.165) is 23.4 Å². The Morgan fingerprint density at radius 1 is 1.21 bits per heavy atom. The predicted molar refractivity (Wildman–Crippen MR) is 125 cm³/mol. The van der Waals surface area contributed by atoms with Crippen LogP contribution in [0.2, 0.25) is 0 Å². The first kappa shape index (κ1) is 22.9. The molecule has 0 aliphatic heterocycles. The minimum atomic E-state index is -1.05. The largest absolute Gasteiger partial charge is 0.383 e. The highest BCUT2D eigenvalue weighted by Gasteiger charge is 2.24. The van der Waals surface area contributed by atoms with Gasteiger partial charge in [-0.25, -0.2) is 9.67 Å². The van der Waals surface area contributed by atoms with E-state index in [1.807, 2.05) is 61.4 Å². The Morgan fingerprint density at radius 3 is 2.55 bits per heavy atom. The first-order valence-electron chi connectivity index (χ1n) is 9.30. The zero-order chi connectivity index (χ0) is 20.0. The van der Waals surface area contributed by atoms with Gasteiger partial charge in [-0.1, -0.05) is 12.1 Å². The average molecular weight is 509 g/mol. The number of halogens is 1. The van der Waals surface area contributed by atoms with Gasteiger partial charge in [-0.2, -0.15) is 10.2 Å². The lowest BCUT2D eigenvalue weighted by Gasteiger charge is -2.23. The van der Waals surface area contributed by atoms with Crippen molar-refractivity contribution in [1.82, 2.24) is 30.2 Å². The molecule has 0 bridgehead atoms. The van der Waals surface area contributed by atoms with Crippen LogP contribution < -0.4 is 10.6 Å². The molecule has 0 fully saturated rings. The van der Waals surface area contributed by atoms with Crippen LogP contribution in [0.15, 0.2) is 60.1 Å². The first-order valence-corrected chi connectivity index (χ1v) is 9.30. The third-order valence-electron chi connectivity index (χ3n) is 4.40. The van der Waals surface area contributed by atoms with Crippen molar-refractivity contribution in [2.24, 2.45) is 12.0 Å². The van der Waals surface area contributed by atoms with Gasteiger partial charge in [0.2, 0.25) is 0 Å². The van der Waals surface area contributed by atoms with Gasteiger partial charge in [0.05, 0.1) is 25.0 Å². The Labute approximate surface area is 188 Å². The number of benzene rings is 1. The molecule has 2 aromatic heterocycles. The third kappa shape index (κ3) is 6.29. The molecule has 1 aromatic carbocycles. The van der Waals surface area contributed by atoms with Crippen molar-refractivity contribution >= 4 is 29.9 Å². The van der Waals surface area contributed by atoms with Crippen LogP contribution in [0.25, 0.3) is 5.69 Å². The Balaban J connectivity index is 0.00000300. The van der Waals surface area contributed by atoms with E-state index in [2.05, 4.69) is 25.8 Å². The van der Waals surface area contributed by atoms with Gasteiger partial charge in [0.15, 0.2) is 5.96 Å². The van der Waals surface area contributed by atoms with Gasteiger partial charge in [-0.3, -0.25) is 4.68 Å². The molecular weight excluding hydrogens is 481 g/mol. The number of aliphatic imine (C=N–C) groups is 1. The predicted octanol–water partition coefficient (Wildman–Crippen LogP) is 2.19. The minimum absolute atomic E-state index is 0. The van der Waals surface area contributed by atoms with Crippen LogP contribution in [0, 0.1) is 0 Å². The van der Waals surface area contributed by atoms with Crippen molar-refractivity contribution < 1.29 is 5.11 Å². The van der Waals surface area contributed by atoms with Crippen LogP contribution in [0.3, 0.4) is 0 Å². The van der Waals surface area contributed by atoms with E-state index in [9.17, 15) is 5.11 Å². The van der Waals surface area contributed by atoms with Crippen LogP contribution in [-0.4, -0.2) is 43.7 Å². The maximum absolute atomic E-state index is 10.7. The van der Waals surface area contributed by atoms with Gasteiger partial charge in [0.25, 0.3) is 0 Å². The van der Waals surface area contributed by atoms with Gasteiger partial charge >= 0.3 is 0 Å². The summed E-state index contributed by atoms with van der Waals surface area (Å²) in [5.41, 5.74) is 1.81. The maximum Gasteiger partial charge on any atom is 0.191 e. The maximum atomic E-state index is 10.7. The molecular formula is C20H28IN7O. The lowest BCUT2D eigenvalue weighted by Crippen LogP contribution is -2.44. The molecule has 2 heterocycles. The Kier molecular flexibility index (Phi) is 8.21. The van der Waals surface area contributed by atoms with Crippen molar-refractivity contribution in [3.8, 4) is 5.69 Å². The number of aryl methyl sites for hydroxylation is 1.